The Morgan fingerprint density at radius 1 is 1.11 bits per heavy atom. The van der Waals surface area contributed by atoms with Crippen molar-refractivity contribution in [3.63, 3.8) is 0 Å². The molecule has 1 aromatic heterocycles. The second-order valence-electron chi connectivity index (χ2n) is 14.8. The summed E-state index contributed by atoms with van der Waals surface area (Å²) >= 11 is 0. The van der Waals surface area contributed by atoms with E-state index in [0.29, 0.717) is 66.5 Å². The number of allylic oxidation sites excluding steroid dienone is 2. The molecular formula is C36H48FN5O5. The van der Waals surface area contributed by atoms with E-state index in [4.69, 9.17) is 9.72 Å². The SMILES string of the molecule is CCC(C)(C)C(/C=C1/c2nc3cc(F)c(C)c4c3c(c2CN1C)C(NC(=O)C(C)(C)C(=O)NNC(C)(C)C)CC4)=C(/C=O)COC=O. The number of nitrogens with zero attached hydrogens (tertiary/aromatic N) is 2. The summed E-state index contributed by atoms with van der Waals surface area (Å²) in [6.45, 7) is 17.3. The van der Waals surface area contributed by atoms with Gasteiger partial charge in [0.1, 0.15) is 24.1 Å². The Balaban J connectivity index is 1.90. The Morgan fingerprint density at radius 2 is 1.79 bits per heavy atom. The minimum atomic E-state index is -1.39. The zero-order valence-corrected chi connectivity index (χ0v) is 29.2. The first-order chi connectivity index (χ1) is 21.9. The molecule has 10 nitrogen and oxygen atoms in total. The van der Waals surface area contributed by atoms with Crippen LogP contribution in [-0.2, 0) is 36.9 Å². The van der Waals surface area contributed by atoms with Crippen molar-refractivity contribution in [3.05, 3.63) is 57.1 Å². The molecule has 0 radical (unpaired) electrons. The van der Waals surface area contributed by atoms with Crippen LogP contribution in [-0.4, -0.2) is 53.7 Å². The molecule has 1 aliphatic heterocycles. The van der Waals surface area contributed by atoms with Gasteiger partial charge in [-0.2, -0.15) is 0 Å². The smallest absolute Gasteiger partial charge is 0.293 e. The third kappa shape index (κ3) is 6.95. The summed E-state index contributed by atoms with van der Waals surface area (Å²) in [5, 5.41) is 3.99. The maximum Gasteiger partial charge on any atom is 0.293 e. The molecule has 1 unspecified atom stereocenters. The number of rotatable bonds is 11. The van der Waals surface area contributed by atoms with Crippen molar-refractivity contribution in [2.24, 2.45) is 10.8 Å². The number of benzene rings is 1. The van der Waals surface area contributed by atoms with Crippen LogP contribution in [0.3, 0.4) is 0 Å². The Morgan fingerprint density at radius 3 is 2.38 bits per heavy atom. The van der Waals surface area contributed by atoms with E-state index in [-0.39, 0.29) is 12.4 Å². The standard InChI is InChI=1S/C36H48FN5O5/c1-11-35(6,7)24(21(17-43)18-47-19-44)14-28-31-23(16-42(28)10)30-26(13-12-22-20(2)25(37)15-27(38-31)29(22)30)39-32(45)36(8,9)33(46)40-41-34(3,4)5/h14-15,17,19,26,41H,11-13,16,18H2,1-10H3,(H,39,45)(H,40,46)/b24-21-,28-14-. The van der Waals surface area contributed by atoms with Crippen molar-refractivity contribution in [2.75, 3.05) is 13.7 Å². The van der Waals surface area contributed by atoms with Crippen LogP contribution >= 0.6 is 0 Å². The van der Waals surface area contributed by atoms with E-state index in [2.05, 4.69) is 16.2 Å². The molecule has 2 amide bonds. The first-order valence-corrected chi connectivity index (χ1v) is 16.1. The Hall–Kier alpha value is -4.12. The van der Waals surface area contributed by atoms with Gasteiger partial charge in [-0.1, -0.05) is 20.8 Å². The highest BCUT2D eigenvalue weighted by Crippen LogP contribution is 2.46. The lowest BCUT2D eigenvalue weighted by Crippen LogP contribution is -2.56. The fourth-order valence-electron chi connectivity index (χ4n) is 6.16. The van der Waals surface area contributed by atoms with Gasteiger partial charge in [-0.25, -0.2) is 14.8 Å². The second-order valence-corrected chi connectivity index (χ2v) is 14.8. The van der Waals surface area contributed by atoms with Crippen LogP contribution < -0.4 is 16.2 Å². The number of ether oxygens (including phenoxy) is 1. The second kappa shape index (κ2) is 13.2. The van der Waals surface area contributed by atoms with Crippen molar-refractivity contribution in [3.8, 4) is 0 Å². The molecule has 2 aliphatic rings. The largest absolute Gasteiger partial charge is 0.463 e. The first-order valence-electron chi connectivity index (χ1n) is 16.1. The number of nitrogens with one attached hydrogen (secondary N) is 3. The van der Waals surface area contributed by atoms with Crippen LogP contribution in [0.1, 0.15) is 102 Å². The highest BCUT2D eigenvalue weighted by atomic mass is 19.1. The number of hydrazine groups is 1. The van der Waals surface area contributed by atoms with Gasteiger partial charge in [-0.15, -0.1) is 0 Å². The number of halogens is 1. The van der Waals surface area contributed by atoms with Gasteiger partial charge in [0.05, 0.1) is 22.9 Å². The third-order valence-corrected chi connectivity index (χ3v) is 9.51. The predicted octanol–water partition coefficient (Wildman–Crippen LogP) is 5.12. The van der Waals surface area contributed by atoms with E-state index in [1.54, 1.807) is 20.8 Å². The van der Waals surface area contributed by atoms with E-state index in [1.807, 2.05) is 59.6 Å². The number of carbonyl (C=O) groups excluding carboxylic acids is 4. The molecule has 1 aromatic carbocycles. The lowest BCUT2D eigenvalue weighted by atomic mass is 9.78. The number of hydrogen-bond donors (Lipinski definition) is 3. The zero-order chi connectivity index (χ0) is 35.1. The Labute approximate surface area is 276 Å². The van der Waals surface area contributed by atoms with Crippen molar-refractivity contribution < 1.29 is 28.3 Å². The summed E-state index contributed by atoms with van der Waals surface area (Å²) in [7, 11) is 1.92. The molecule has 0 saturated heterocycles. The Kier molecular flexibility index (Phi) is 10.0. The predicted molar refractivity (Wildman–Crippen MR) is 179 cm³/mol. The number of pyridine rings is 1. The minimum Gasteiger partial charge on any atom is -0.463 e. The summed E-state index contributed by atoms with van der Waals surface area (Å²) in [5.74, 6) is -1.24. The van der Waals surface area contributed by atoms with Gasteiger partial charge in [-0.05, 0) is 94.6 Å². The van der Waals surface area contributed by atoms with Gasteiger partial charge >= 0.3 is 0 Å². The highest BCUT2D eigenvalue weighted by Gasteiger charge is 2.41. The quantitative estimate of drug-likeness (QED) is 0.132. The van der Waals surface area contributed by atoms with Crippen LogP contribution in [0.5, 0.6) is 0 Å². The molecule has 3 N–H and O–H groups in total. The summed E-state index contributed by atoms with van der Waals surface area (Å²) in [6, 6.07) is 0.984. The summed E-state index contributed by atoms with van der Waals surface area (Å²) in [6.07, 6.45) is 4.38. The monoisotopic (exact) mass is 649 g/mol. The number of aryl methyl sites for hydroxylation is 1. The van der Waals surface area contributed by atoms with Gasteiger partial charge in [0.15, 0.2) is 0 Å². The normalized spacial score (nSPS) is 17.7. The van der Waals surface area contributed by atoms with E-state index in [1.165, 1.54) is 6.07 Å². The lowest BCUT2D eigenvalue weighted by molar-refractivity contribution is -0.142. The van der Waals surface area contributed by atoms with Gasteiger partial charge in [-0.3, -0.25) is 24.6 Å². The number of aldehydes is 1. The molecule has 2 heterocycles. The fraction of sp³-hybridized carbons (Fsp3) is 0.528. The maximum atomic E-state index is 15.3. The van der Waals surface area contributed by atoms with Gasteiger partial charge < -0.3 is 15.0 Å². The molecule has 0 saturated carbocycles. The number of aromatic nitrogens is 1. The number of fused-ring (bicyclic) bond motifs is 2. The summed E-state index contributed by atoms with van der Waals surface area (Å²) in [5.41, 5.74) is 9.43. The van der Waals surface area contributed by atoms with Crippen LogP contribution in [0.2, 0.25) is 0 Å². The molecule has 11 heteroatoms. The van der Waals surface area contributed by atoms with Crippen molar-refractivity contribution in [1.82, 2.24) is 26.1 Å². The number of hydrogen-bond acceptors (Lipinski definition) is 8. The highest BCUT2D eigenvalue weighted by molar-refractivity contribution is 6.04. The molecule has 1 aliphatic carbocycles. The summed E-state index contributed by atoms with van der Waals surface area (Å²) < 4.78 is 20.3. The summed E-state index contributed by atoms with van der Waals surface area (Å²) in [4.78, 5) is 57.2. The van der Waals surface area contributed by atoms with Crippen LogP contribution in [0, 0.1) is 23.6 Å². The van der Waals surface area contributed by atoms with Crippen molar-refractivity contribution >= 4 is 41.2 Å². The molecule has 4 rings (SSSR count). The average molecular weight is 650 g/mol. The molecule has 0 spiro atoms. The minimum absolute atomic E-state index is 0.168. The zero-order valence-electron chi connectivity index (χ0n) is 29.2. The van der Waals surface area contributed by atoms with Crippen molar-refractivity contribution in [2.45, 2.75) is 99.7 Å². The molecule has 254 valence electrons. The molecule has 0 bridgehead atoms. The molecule has 1 atom stereocenters. The number of amides is 2. The van der Waals surface area contributed by atoms with E-state index in [9.17, 15) is 19.2 Å². The molecule has 47 heavy (non-hydrogen) atoms. The average Bonchev–Trinajstić information content (AvgIpc) is 3.32. The lowest BCUT2D eigenvalue weighted by Gasteiger charge is -2.33. The van der Waals surface area contributed by atoms with E-state index >= 15 is 4.39 Å². The van der Waals surface area contributed by atoms with Crippen LogP contribution in [0.4, 0.5) is 4.39 Å². The fourth-order valence-corrected chi connectivity index (χ4v) is 6.16. The van der Waals surface area contributed by atoms with Gasteiger partial charge in [0, 0.05) is 41.7 Å². The first kappa shape index (κ1) is 35.7. The van der Waals surface area contributed by atoms with Crippen LogP contribution in [0.15, 0.2) is 23.3 Å². The third-order valence-electron chi connectivity index (χ3n) is 9.51. The Bertz CT molecular complexity index is 1690. The van der Waals surface area contributed by atoms with Crippen molar-refractivity contribution in [1.29, 1.82) is 0 Å². The molecule has 0 fully saturated rings. The van der Waals surface area contributed by atoms with Crippen LogP contribution in [0.25, 0.3) is 16.6 Å². The van der Waals surface area contributed by atoms with E-state index < -0.39 is 34.2 Å². The molecular weight excluding hydrogens is 601 g/mol. The topological polar surface area (TPSA) is 130 Å². The van der Waals surface area contributed by atoms with E-state index in [0.717, 1.165) is 27.8 Å². The van der Waals surface area contributed by atoms with Gasteiger partial charge in [0.2, 0.25) is 11.8 Å². The molecule has 2 aromatic rings. The number of carbonyl (C=O) groups is 4. The maximum absolute atomic E-state index is 15.3. The van der Waals surface area contributed by atoms with Gasteiger partial charge in [0.25, 0.3) is 6.47 Å².